The Hall–Kier alpha value is -2.41. The molecule has 1 fully saturated rings. The van der Waals surface area contributed by atoms with E-state index in [1.807, 2.05) is 42.2 Å². The van der Waals surface area contributed by atoms with E-state index in [0.29, 0.717) is 13.0 Å². The molecule has 0 bridgehead atoms. The minimum Gasteiger partial charge on any atom is -0.352 e. The van der Waals surface area contributed by atoms with Crippen molar-refractivity contribution < 1.29 is 9.59 Å². The third kappa shape index (κ3) is 4.61. The number of carbonyl (C=O) groups is 2. The Kier molecular flexibility index (Phi) is 6.13. The van der Waals surface area contributed by atoms with Crippen LogP contribution in [0.2, 0.25) is 0 Å². The first-order valence-electron chi connectivity index (χ1n) is 10.5. The number of aromatic nitrogens is 1. The number of amides is 2. The number of hydrogen-bond acceptors (Lipinski definition) is 5. The number of carbonyl (C=O) groups excluding carboxylic acids is 2. The highest BCUT2D eigenvalue weighted by molar-refractivity contribution is 7.15. The number of benzene rings is 1. The van der Waals surface area contributed by atoms with Crippen LogP contribution in [-0.4, -0.2) is 47.9 Å². The van der Waals surface area contributed by atoms with Crippen LogP contribution in [0.1, 0.15) is 35.9 Å². The molecular formula is C22H28N4O2S. The fourth-order valence-electron chi connectivity index (χ4n) is 4.02. The van der Waals surface area contributed by atoms with Gasteiger partial charge in [-0.1, -0.05) is 37.3 Å². The van der Waals surface area contributed by atoms with E-state index in [9.17, 15) is 9.59 Å². The molecular weight excluding hydrogens is 384 g/mol. The lowest BCUT2D eigenvalue weighted by Crippen LogP contribution is -2.48. The molecule has 154 valence electrons. The average molecular weight is 413 g/mol. The second-order valence-corrected chi connectivity index (χ2v) is 8.79. The third-order valence-corrected chi connectivity index (χ3v) is 6.99. The maximum atomic E-state index is 12.6. The Balaban J connectivity index is 1.33. The number of hydrogen-bond donors (Lipinski definition) is 1. The molecule has 2 amide bonds. The molecule has 4 rings (SSSR count). The molecule has 29 heavy (non-hydrogen) atoms. The zero-order valence-electron chi connectivity index (χ0n) is 16.9. The maximum absolute atomic E-state index is 12.6. The molecule has 0 spiro atoms. The van der Waals surface area contributed by atoms with E-state index in [1.54, 1.807) is 11.3 Å². The van der Waals surface area contributed by atoms with Gasteiger partial charge in [0.1, 0.15) is 0 Å². The molecule has 1 aromatic heterocycles. The van der Waals surface area contributed by atoms with Crippen LogP contribution in [0.15, 0.2) is 30.3 Å². The van der Waals surface area contributed by atoms with Gasteiger partial charge in [0, 0.05) is 49.9 Å². The van der Waals surface area contributed by atoms with Crippen molar-refractivity contribution in [3.63, 3.8) is 0 Å². The molecule has 1 N–H and O–H groups in total. The largest absolute Gasteiger partial charge is 0.352 e. The van der Waals surface area contributed by atoms with Gasteiger partial charge in [0.15, 0.2) is 5.13 Å². The van der Waals surface area contributed by atoms with Gasteiger partial charge in [-0.15, -0.1) is 11.3 Å². The molecule has 1 aliphatic heterocycles. The number of aryl methyl sites for hydroxylation is 1. The Morgan fingerprint density at radius 3 is 2.66 bits per heavy atom. The Labute approximate surface area is 175 Å². The summed E-state index contributed by atoms with van der Waals surface area (Å²) in [4.78, 5) is 34.8. The van der Waals surface area contributed by atoms with Gasteiger partial charge in [-0.3, -0.25) is 9.59 Å². The predicted molar refractivity (Wildman–Crippen MR) is 115 cm³/mol. The smallest absolute Gasteiger partial charge is 0.223 e. The van der Waals surface area contributed by atoms with E-state index < -0.39 is 0 Å². The highest BCUT2D eigenvalue weighted by Crippen LogP contribution is 2.34. The number of piperazine rings is 1. The summed E-state index contributed by atoms with van der Waals surface area (Å²) in [7, 11) is 0. The zero-order valence-corrected chi connectivity index (χ0v) is 17.7. The summed E-state index contributed by atoms with van der Waals surface area (Å²) in [5.41, 5.74) is 2.28. The number of rotatable bonds is 5. The Morgan fingerprint density at radius 1 is 1.17 bits per heavy atom. The summed E-state index contributed by atoms with van der Waals surface area (Å²) < 4.78 is 0. The van der Waals surface area contributed by atoms with Gasteiger partial charge in [0.25, 0.3) is 0 Å². The first kappa shape index (κ1) is 19.9. The summed E-state index contributed by atoms with van der Waals surface area (Å²) in [6.07, 6.45) is 3.07. The monoisotopic (exact) mass is 412 g/mol. The molecule has 2 aliphatic rings. The Bertz CT molecular complexity index is 859. The van der Waals surface area contributed by atoms with Gasteiger partial charge in [0.05, 0.1) is 5.69 Å². The van der Waals surface area contributed by atoms with Crippen molar-refractivity contribution in [2.45, 2.75) is 39.2 Å². The molecule has 6 nitrogen and oxygen atoms in total. The first-order valence-corrected chi connectivity index (χ1v) is 11.3. The highest BCUT2D eigenvalue weighted by atomic mass is 32.1. The average Bonchev–Trinajstić information content (AvgIpc) is 3.21. The van der Waals surface area contributed by atoms with Crippen LogP contribution >= 0.6 is 11.3 Å². The Morgan fingerprint density at radius 2 is 1.93 bits per heavy atom. The van der Waals surface area contributed by atoms with E-state index in [-0.39, 0.29) is 17.7 Å². The molecule has 2 heterocycles. The topological polar surface area (TPSA) is 65.5 Å². The molecule has 1 aliphatic carbocycles. The maximum Gasteiger partial charge on any atom is 0.223 e. The van der Waals surface area contributed by atoms with E-state index in [4.69, 9.17) is 4.98 Å². The van der Waals surface area contributed by atoms with Gasteiger partial charge in [-0.2, -0.15) is 0 Å². The van der Waals surface area contributed by atoms with Crippen LogP contribution in [0.3, 0.4) is 0 Å². The van der Waals surface area contributed by atoms with Crippen LogP contribution in [0.25, 0.3) is 0 Å². The number of fused-ring (bicyclic) bond motifs is 1. The zero-order chi connectivity index (χ0) is 20.2. The van der Waals surface area contributed by atoms with E-state index in [1.165, 1.54) is 4.88 Å². The van der Waals surface area contributed by atoms with E-state index >= 15 is 0 Å². The molecule has 1 saturated heterocycles. The molecule has 1 unspecified atom stereocenters. The summed E-state index contributed by atoms with van der Waals surface area (Å²) in [6, 6.07) is 10.0. The number of anilines is 1. The summed E-state index contributed by atoms with van der Waals surface area (Å²) in [5.74, 6) is 0.395. The van der Waals surface area contributed by atoms with Crippen molar-refractivity contribution >= 4 is 28.3 Å². The van der Waals surface area contributed by atoms with Crippen molar-refractivity contribution in [1.29, 1.82) is 0 Å². The molecule has 2 aromatic rings. The highest BCUT2D eigenvalue weighted by Gasteiger charge is 2.29. The fourth-order valence-corrected chi connectivity index (χ4v) is 5.26. The van der Waals surface area contributed by atoms with Gasteiger partial charge < -0.3 is 15.1 Å². The van der Waals surface area contributed by atoms with Crippen LogP contribution < -0.4 is 10.2 Å². The van der Waals surface area contributed by atoms with Crippen molar-refractivity contribution in [3.05, 3.63) is 46.5 Å². The van der Waals surface area contributed by atoms with Crippen LogP contribution in [-0.2, 0) is 29.0 Å². The molecule has 0 saturated carbocycles. The van der Waals surface area contributed by atoms with Crippen molar-refractivity contribution in [1.82, 2.24) is 15.2 Å². The van der Waals surface area contributed by atoms with Crippen LogP contribution in [0.4, 0.5) is 5.13 Å². The van der Waals surface area contributed by atoms with Crippen LogP contribution in [0.5, 0.6) is 0 Å². The fraction of sp³-hybridized carbons (Fsp3) is 0.500. The third-order valence-electron chi connectivity index (χ3n) is 5.81. The lowest BCUT2D eigenvalue weighted by Gasteiger charge is -2.34. The minimum atomic E-state index is 0.0264. The van der Waals surface area contributed by atoms with Gasteiger partial charge in [-0.25, -0.2) is 4.98 Å². The normalized spacial score (nSPS) is 19.0. The number of nitrogens with zero attached hydrogens (tertiary/aromatic N) is 3. The van der Waals surface area contributed by atoms with Crippen molar-refractivity contribution in [3.8, 4) is 0 Å². The van der Waals surface area contributed by atoms with E-state index in [2.05, 4.69) is 10.2 Å². The number of thiazole rings is 1. The van der Waals surface area contributed by atoms with Crippen molar-refractivity contribution in [2.75, 3.05) is 31.1 Å². The second-order valence-electron chi connectivity index (χ2n) is 7.73. The van der Waals surface area contributed by atoms with Crippen LogP contribution in [0, 0.1) is 5.92 Å². The quantitative estimate of drug-likeness (QED) is 0.820. The van der Waals surface area contributed by atoms with Gasteiger partial charge >= 0.3 is 0 Å². The lowest BCUT2D eigenvalue weighted by atomic mass is 9.90. The first-order chi connectivity index (χ1) is 14.1. The minimum absolute atomic E-state index is 0.0264. The standard InChI is InChI=1S/C22H28N4O2S/c1-2-20(27)25-10-12-26(13-11-25)22-24-18-9-8-17(14-19(18)29-22)21(28)23-15-16-6-4-3-5-7-16/h3-7,17H,2,8-15H2,1H3,(H,23,28). The summed E-state index contributed by atoms with van der Waals surface area (Å²) in [6.45, 7) is 5.69. The number of nitrogens with one attached hydrogen (secondary N) is 1. The molecule has 1 atom stereocenters. The van der Waals surface area contributed by atoms with Gasteiger partial charge in [0.2, 0.25) is 11.8 Å². The lowest BCUT2D eigenvalue weighted by molar-refractivity contribution is -0.131. The van der Waals surface area contributed by atoms with Crippen molar-refractivity contribution in [2.24, 2.45) is 5.92 Å². The molecule has 7 heteroatoms. The summed E-state index contributed by atoms with van der Waals surface area (Å²) >= 11 is 1.72. The second kappa shape index (κ2) is 8.95. The molecule has 0 radical (unpaired) electrons. The van der Waals surface area contributed by atoms with Gasteiger partial charge in [-0.05, 0) is 24.8 Å². The SMILES string of the molecule is CCC(=O)N1CCN(c2nc3c(s2)CC(C(=O)NCc2ccccc2)CC3)CC1. The summed E-state index contributed by atoms with van der Waals surface area (Å²) in [5, 5.41) is 4.13. The van der Waals surface area contributed by atoms with E-state index in [0.717, 1.165) is 61.8 Å². The predicted octanol–water partition coefficient (Wildman–Crippen LogP) is 2.62. The molecule has 1 aromatic carbocycles.